The van der Waals surface area contributed by atoms with Crippen LogP contribution >= 0.6 is 55.6 Å². The fourth-order valence-electron chi connectivity index (χ4n) is 0.588. The van der Waals surface area contributed by atoms with Crippen molar-refractivity contribution in [2.45, 2.75) is 13.0 Å². The smallest absolute Gasteiger partial charge is 0.0843 e. The van der Waals surface area contributed by atoms with Gasteiger partial charge in [-0.3, -0.25) is 0 Å². The topological polar surface area (TPSA) is 26.0 Å². The first-order chi connectivity index (χ1) is 4.61. The molecule has 0 aliphatic heterocycles. The summed E-state index contributed by atoms with van der Waals surface area (Å²) in [5, 5.41) is 0. The van der Waals surface area contributed by atoms with Crippen LogP contribution < -0.4 is 5.73 Å². The van der Waals surface area contributed by atoms with E-state index in [1.54, 1.807) is 11.3 Å². The predicted molar refractivity (Wildman–Crippen MR) is 59.6 cm³/mol. The Bertz CT molecular complexity index is 217. The second-order valence-corrected chi connectivity index (χ2v) is 5.32. The summed E-state index contributed by atoms with van der Waals surface area (Å²) in [6, 6.07) is 2.17. The minimum atomic E-state index is 0. The molecule has 0 amide bonds. The highest BCUT2D eigenvalue weighted by atomic mass is 79.9. The summed E-state index contributed by atoms with van der Waals surface area (Å²) < 4.78 is 2.20. The van der Waals surface area contributed by atoms with E-state index in [0.717, 1.165) is 8.26 Å². The van der Waals surface area contributed by atoms with E-state index in [4.69, 9.17) is 5.73 Å². The van der Waals surface area contributed by atoms with Crippen molar-refractivity contribution in [3.05, 3.63) is 19.2 Å². The molecule has 0 spiro atoms. The molecule has 5 heteroatoms. The Kier molecular flexibility index (Phi) is 5.22. The van der Waals surface area contributed by atoms with Gasteiger partial charge in [0, 0.05) is 15.4 Å². The first-order valence-electron chi connectivity index (χ1n) is 2.81. The van der Waals surface area contributed by atoms with E-state index in [0.29, 0.717) is 0 Å². The van der Waals surface area contributed by atoms with Crippen molar-refractivity contribution >= 4 is 55.6 Å². The average Bonchev–Trinajstić information content (AvgIpc) is 2.13. The molecule has 64 valence electrons. The molecule has 0 fully saturated rings. The molecule has 1 aromatic heterocycles. The van der Waals surface area contributed by atoms with Crippen LogP contribution in [0.2, 0.25) is 0 Å². The lowest BCUT2D eigenvalue weighted by atomic mass is 10.3. The second kappa shape index (κ2) is 4.82. The Balaban J connectivity index is 0.000001000. The van der Waals surface area contributed by atoms with Crippen LogP contribution in [0.1, 0.15) is 17.8 Å². The Morgan fingerprint density at radius 2 is 2.09 bits per heavy atom. The number of hydrogen-bond donors (Lipinski definition) is 1. The summed E-state index contributed by atoms with van der Waals surface area (Å²) in [6.45, 7) is 1.98. The third kappa shape index (κ3) is 3.03. The van der Waals surface area contributed by atoms with Gasteiger partial charge in [-0.15, -0.1) is 23.7 Å². The lowest BCUT2D eigenvalue weighted by Crippen LogP contribution is -2.01. The van der Waals surface area contributed by atoms with Gasteiger partial charge in [-0.05, 0) is 44.8 Å². The molecule has 0 saturated carbocycles. The summed E-state index contributed by atoms with van der Waals surface area (Å²) in [5.41, 5.74) is 5.66. The van der Waals surface area contributed by atoms with E-state index < -0.39 is 0 Å². The highest BCUT2D eigenvalue weighted by Gasteiger charge is 2.06. The lowest BCUT2D eigenvalue weighted by molar-refractivity contribution is 0.838. The van der Waals surface area contributed by atoms with Gasteiger partial charge in [-0.1, -0.05) is 0 Å². The van der Waals surface area contributed by atoms with Crippen LogP contribution in [0.3, 0.4) is 0 Å². The number of nitrogens with two attached hydrogens (primary N) is 1. The molecule has 2 N–H and O–H groups in total. The first kappa shape index (κ1) is 11.9. The van der Waals surface area contributed by atoms with Crippen LogP contribution in [0.15, 0.2) is 14.3 Å². The Morgan fingerprint density at radius 3 is 2.27 bits per heavy atom. The van der Waals surface area contributed by atoms with Crippen LogP contribution in [0.4, 0.5) is 0 Å². The van der Waals surface area contributed by atoms with Crippen LogP contribution in [0, 0.1) is 0 Å². The van der Waals surface area contributed by atoms with Gasteiger partial charge in [0.25, 0.3) is 0 Å². The highest BCUT2D eigenvalue weighted by molar-refractivity contribution is 9.13. The molecule has 1 aromatic rings. The van der Waals surface area contributed by atoms with Gasteiger partial charge in [0.15, 0.2) is 0 Å². The molecule has 1 atom stereocenters. The molecule has 0 unspecified atom stereocenters. The van der Waals surface area contributed by atoms with Gasteiger partial charge in [0.05, 0.1) is 3.79 Å². The maximum absolute atomic E-state index is 5.66. The fraction of sp³-hybridized carbons (Fsp3) is 0.333. The zero-order chi connectivity index (χ0) is 7.72. The van der Waals surface area contributed by atoms with Gasteiger partial charge in [0.1, 0.15) is 0 Å². The van der Waals surface area contributed by atoms with E-state index in [1.165, 1.54) is 4.88 Å². The molecule has 0 aromatic carbocycles. The van der Waals surface area contributed by atoms with Crippen molar-refractivity contribution in [2.75, 3.05) is 0 Å². The summed E-state index contributed by atoms with van der Waals surface area (Å²) in [5.74, 6) is 0. The molecular weight excluding hydrogens is 313 g/mol. The number of thiophene rings is 1. The number of halogens is 3. The summed E-state index contributed by atoms with van der Waals surface area (Å²) in [7, 11) is 0. The third-order valence-corrected chi connectivity index (χ3v) is 4.57. The third-order valence-electron chi connectivity index (χ3n) is 1.11. The fourth-order valence-corrected chi connectivity index (χ4v) is 2.63. The molecule has 0 aliphatic rings. The van der Waals surface area contributed by atoms with Crippen molar-refractivity contribution in [1.82, 2.24) is 0 Å². The molecule has 0 saturated heterocycles. The average molecular weight is 321 g/mol. The number of rotatable bonds is 1. The number of hydrogen-bond acceptors (Lipinski definition) is 2. The van der Waals surface area contributed by atoms with Crippen LogP contribution in [0.5, 0.6) is 0 Å². The minimum Gasteiger partial charge on any atom is -0.324 e. The first-order valence-corrected chi connectivity index (χ1v) is 5.22. The van der Waals surface area contributed by atoms with E-state index >= 15 is 0 Å². The van der Waals surface area contributed by atoms with Crippen molar-refractivity contribution < 1.29 is 0 Å². The maximum Gasteiger partial charge on any atom is 0.0843 e. The monoisotopic (exact) mass is 319 g/mol. The Labute approximate surface area is 93.0 Å². The zero-order valence-electron chi connectivity index (χ0n) is 5.80. The summed E-state index contributed by atoms with van der Waals surface area (Å²) >= 11 is 8.46. The van der Waals surface area contributed by atoms with Crippen molar-refractivity contribution in [2.24, 2.45) is 5.73 Å². The minimum absolute atomic E-state index is 0. The Hall–Kier alpha value is 0.910. The van der Waals surface area contributed by atoms with Crippen LogP contribution in [-0.4, -0.2) is 0 Å². The van der Waals surface area contributed by atoms with E-state index in [9.17, 15) is 0 Å². The quantitative estimate of drug-likeness (QED) is 0.838. The van der Waals surface area contributed by atoms with E-state index in [2.05, 4.69) is 31.9 Å². The van der Waals surface area contributed by atoms with Crippen LogP contribution in [-0.2, 0) is 0 Å². The molecule has 1 heterocycles. The highest BCUT2D eigenvalue weighted by Crippen LogP contribution is 2.34. The van der Waals surface area contributed by atoms with Crippen LogP contribution in [0.25, 0.3) is 0 Å². The Morgan fingerprint density at radius 1 is 1.55 bits per heavy atom. The molecule has 1 rings (SSSR count). The lowest BCUT2D eigenvalue weighted by Gasteiger charge is -1.96. The van der Waals surface area contributed by atoms with Gasteiger partial charge in [-0.25, -0.2) is 0 Å². The normalized spacial score (nSPS) is 12.4. The van der Waals surface area contributed by atoms with Crippen molar-refractivity contribution in [3.8, 4) is 0 Å². The van der Waals surface area contributed by atoms with Crippen molar-refractivity contribution in [3.63, 3.8) is 0 Å². The van der Waals surface area contributed by atoms with E-state index in [-0.39, 0.29) is 18.4 Å². The molecule has 11 heavy (non-hydrogen) atoms. The molecular formula is C6H8Br2ClNS. The molecule has 0 bridgehead atoms. The second-order valence-electron chi connectivity index (χ2n) is 2.06. The van der Waals surface area contributed by atoms with E-state index in [1.807, 2.05) is 13.0 Å². The van der Waals surface area contributed by atoms with Gasteiger partial charge in [0.2, 0.25) is 0 Å². The van der Waals surface area contributed by atoms with Gasteiger partial charge >= 0.3 is 0 Å². The molecule has 0 radical (unpaired) electrons. The van der Waals surface area contributed by atoms with Gasteiger partial charge in [-0.2, -0.15) is 0 Å². The van der Waals surface area contributed by atoms with Crippen molar-refractivity contribution in [1.29, 1.82) is 0 Å². The van der Waals surface area contributed by atoms with Gasteiger partial charge < -0.3 is 5.73 Å². The largest absolute Gasteiger partial charge is 0.324 e. The maximum atomic E-state index is 5.66. The zero-order valence-corrected chi connectivity index (χ0v) is 10.6. The molecule has 1 nitrogen and oxygen atoms in total. The summed E-state index contributed by atoms with van der Waals surface area (Å²) in [4.78, 5) is 1.19. The standard InChI is InChI=1S/C6H7Br2NS.ClH/c1-3(9)5-2-4(7)6(8)10-5;/h2-3H,9H2,1H3;1H/t3-;/m0./s1. The molecule has 0 aliphatic carbocycles. The predicted octanol–water partition coefficient (Wildman–Crippen LogP) is 3.71. The summed E-state index contributed by atoms with van der Waals surface area (Å²) in [6.07, 6.45) is 0. The SMILES string of the molecule is C[C@H](N)c1cc(Br)c(Br)s1.Cl.